The van der Waals surface area contributed by atoms with Crippen LogP contribution in [0.25, 0.3) is 0 Å². The Morgan fingerprint density at radius 2 is 1.33 bits per heavy atom. The molecule has 1 heterocycles. The minimum Gasteiger partial charge on any atom is -0.449 e. The normalized spacial score (nSPS) is 18.1. The Labute approximate surface area is 85.1 Å². The summed E-state index contributed by atoms with van der Waals surface area (Å²) < 4.78 is 9.97. The average molecular weight is 202 g/mol. The van der Waals surface area contributed by atoms with Crippen LogP contribution in [0.5, 0.6) is 0 Å². The summed E-state index contributed by atoms with van der Waals surface area (Å²) in [7, 11) is 0. The second-order valence-corrected chi connectivity index (χ2v) is 3.27. The molecule has 15 heavy (non-hydrogen) atoms. The molecule has 0 unspecified atom stereocenters. The van der Waals surface area contributed by atoms with Gasteiger partial charge >= 0.3 is 0 Å². The number of hydrogen-bond acceptors (Lipinski definition) is 4. The van der Waals surface area contributed by atoms with Crippen molar-refractivity contribution in [3.8, 4) is 0 Å². The Kier molecular flexibility index (Phi) is 1.48. The molecule has 0 aromatic heterocycles. The molecule has 1 aromatic carbocycles. The van der Waals surface area contributed by atoms with Crippen molar-refractivity contribution in [2.75, 3.05) is 6.79 Å². The predicted octanol–water partition coefficient (Wildman–Crippen LogP) is 1.28. The van der Waals surface area contributed by atoms with Crippen LogP contribution < -0.4 is 0 Å². The highest BCUT2D eigenvalue weighted by atomic mass is 16.7. The summed E-state index contributed by atoms with van der Waals surface area (Å²) >= 11 is 0. The lowest BCUT2D eigenvalue weighted by Gasteiger charge is -2.12. The van der Waals surface area contributed by atoms with Gasteiger partial charge in [-0.05, 0) is 0 Å². The van der Waals surface area contributed by atoms with Crippen LogP contribution in [0.1, 0.15) is 20.7 Å². The molecule has 0 saturated carbocycles. The fourth-order valence-electron chi connectivity index (χ4n) is 1.74. The minimum absolute atomic E-state index is 0.0405. The summed E-state index contributed by atoms with van der Waals surface area (Å²) in [5, 5.41) is 0. The van der Waals surface area contributed by atoms with Crippen LogP contribution in [0.15, 0.2) is 35.8 Å². The number of allylic oxidation sites excluding steroid dienone is 2. The molecule has 0 bridgehead atoms. The van der Waals surface area contributed by atoms with Crippen LogP contribution >= 0.6 is 0 Å². The standard InChI is InChI=1S/C11H6O4/c12-8-6-3-1-2-4-7(6)9(13)11-10(8)14-5-15-11/h1-4H,5H2. The van der Waals surface area contributed by atoms with Gasteiger partial charge < -0.3 is 9.47 Å². The van der Waals surface area contributed by atoms with E-state index in [0.29, 0.717) is 11.1 Å². The number of rotatable bonds is 0. The van der Waals surface area contributed by atoms with E-state index in [9.17, 15) is 9.59 Å². The number of carbonyl (C=O) groups is 2. The zero-order valence-electron chi connectivity index (χ0n) is 7.65. The van der Waals surface area contributed by atoms with Crippen molar-refractivity contribution < 1.29 is 19.1 Å². The van der Waals surface area contributed by atoms with Gasteiger partial charge in [-0.15, -0.1) is 0 Å². The molecule has 0 spiro atoms. The van der Waals surface area contributed by atoms with Gasteiger partial charge in [-0.1, -0.05) is 24.3 Å². The van der Waals surface area contributed by atoms with Gasteiger partial charge in [0.05, 0.1) is 0 Å². The molecule has 1 aromatic rings. The SMILES string of the molecule is O=C1C2=C(OCO2)C(=O)c2ccccc21. The average Bonchev–Trinajstić information content (AvgIpc) is 2.75. The van der Waals surface area contributed by atoms with Crippen molar-refractivity contribution >= 4 is 11.6 Å². The Morgan fingerprint density at radius 3 is 1.80 bits per heavy atom. The highest BCUT2D eigenvalue weighted by molar-refractivity contribution is 6.25. The van der Waals surface area contributed by atoms with E-state index >= 15 is 0 Å². The molecular weight excluding hydrogens is 196 g/mol. The lowest BCUT2D eigenvalue weighted by Crippen LogP contribution is -2.20. The van der Waals surface area contributed by atoms with Crippen molar-refractivity contribution in [3.05, 3.63) is 46.9 Å². The van der Waals surface area contributed by atoms with Crippen LogP contribution in [0, 0.1) is 0 Å². The molecule has 0 radical (unpaired) electrons. The number of hydrogen-bond donors (Lipinski definition) is 0. The maximum absolute atomic E-state index is 11.8. The molecule has 1 aliphatic carbocycles. The van der Waals surface area contributed by atoms with Crippen LogP contribution in [-0.2, 0) is 9.47 Å². The highest BCUT2D eigenvalue weighted by Gasteiger charge is 2.37. The first-order valence-corrected chi connectivity index (χ1v) is 4.47. The Morgan fingerprint density at radius 1 is 0.867 bits per heavy atom. The third-order valence-corrected chi connectivity index (χ3v) is 2.44. The zero-order valence-corrected chi connectivity index (χ0v) is 7.65. The van der Waals surface area contributed by atoms with Crippen molar-refractivity contribution in [1.82, 2.24) is 0 Å². The molecule has 3 rings (SSSR count). The molecule has 0 saturated heterocycles. The van der Waals surface area contributed by atoms with Crippen LogP contribution in [0.2, 0.25) is 0 Å². The molecular formula is C11H6O4. The Balaban J connectivity index is 2.26. The van der Waals surface area contributed by atoms with E-state index in [2.05, 4.69) is 0 Å². The first-order valence-electron chi connectivity index (χ1n) is 4.47. The first-order chi connectivity index (χ1) is 7.29. The Bertz CT molecular complexity index is 468. The van der Waals surface area contributed by atoms with Crippen molar-refractivity contribution in [2.24, 2.45) is 0 Å². The topological polar surface area (TPSA) is 52.6 Å². The smallest absolute Gasteiger partial charge is 0.232 e. The van der Waals surface area contributed by atoms with Gasteiger partial charge in [0.15, 0.2) is 0 Å². The summed E-state index contributed by atoms with van der Waals surface area (Å²) in [4.78, 5) is 23.7. The predicted molar refractivity (Wildman–Crippen MR) is 49.2 cm³/mol. The summed E-state index contributed by atoms with van der Waals surface area (Å²) in [6.45, 7) is -0.0594. The maximum atomic E-state index is 11.8. The number of ether oxygens (including phenoxy) is 2. The van der Waals surface area contributed by atoms with Gasteiger partial charge in [-0.2, -0.15) is 0 Å². The first kappa shape index (κ1) is 8.23. The fourth-order valence-corrected chi connectivity index (χ4v) is 1.74. The minimum atomic E-state index is -0.280. The third-order valence-electron chi connectivity index (χ3n) is 2.44. The summed E-state index contributed by atoms with van der Waals surface area (Å²) in [5.41, 5.74) is 0.763. The third kappa shape index (κ3) is 0.958. The van der Waals surface area contributed by atoms with Gasteiger partial charge in [0, 0.05) is 11.1 Å². The second-order valence-electron chi connectivity index (χ2n) is 3.27. The summed E-state index contributed by atoms with van der Waals surface area (Å²) in [5.74, 6) is -0.479. The van der Waals surface area contributed by atoms with E-state index in [1.54, 1.807) is 24.3 Å². The quantitative estimate of drug-likeness (QED) is 0.635. The summed E-state index contributed by atoms with van der Waals surface area (Å²) in [6.07, 6.45) is 0. The van der Waals surface area contributed by atoms with Gasteiger partial charge in [0.1, 0.15) is 0 Å². The highest BCUT2D eigenvalue weighted by Crippen LogP contribution is 2.30. The van der Waals surface area contributed by atoms with E-state index in [1.165, 1.54) is 0 Å². The molecule has 0 amide bonds. The van der Waals surface area contributed by atoms with E-state index in [0.717, 1.165) is 0 Å². The number of benzene rings is 1. The number of fused-ring (bicyclic) bond motifs is 1. The lowest BCUT2D eigenvalue weighted by molar-refractivity contribution is 0.0601. The van der Waals surface area contributed by atoms with Crippen molar-refractivity contribution in [2.45, 2.75) is 0 Å². The Hall–Kier alpha value is -2.10. The van der Waals surface area contributed by atoms with Crippen molar-refractivity contribution in [3.63, 3.8) is 0 Å². The van der Waals surface area contributed by atoms with E-state index < -0.39 is 0 Å². The number of carbonyl (C=O) groups excluding carboxylic acids is 2. The molecule has 4 heteroatoms. The van der Waals surface area contributed by atoms with E-state index in [-0.39, 0.29) is 29.9 Å². The maximum Gasteiger partial charge on any atom is 0.232 e. The van der Waals surface area contributed by atoms with Gasteiger partial charge in [0.2, 0.25) is 29.9 Å². The van der Waals surface area contributed by atoms with E-state index in [1.807, 2.05) is 0 Å². The molecule has 0 N–H and O–H groups in total. The monoisotopic (exact) mass is 202 g/mol. The number of ketones is 2. The zero-order chi connectivity index (χ0) is 10.4. The van der Waals surface area contributed by atoms with Gasteiger partial charge in [-0.25, -0.2) is 0 Å². The molecule has 2 aliphatic rings. The summed E-state index contributed by atoms with van der Waals surface area (Å²) in [6, 6.07) is 6.65. The molecule has 0 atom stereocenters. The number of Topliss-reactive ketones (excluding diaryl/α,β-unsaturated/α-hetero) is 2. The molecule has 74 valence electrons. The molecule has 4 nitrogen and oxygen atoms in total. The van der Waals surface area contributed by atoms with E-state index in [4.69, 9.17) is 9.47 Å². The van der Waals surface area contributed by atoms with Crippen molar-refractivity contribution in [1.29, 1.82) is 0 Å². The second kappa shape index (κ2) is 2.70. The largest absolute Gasteiger partial charge is 0.449 e. The van der Waals surface area contributed by atoms with Crippen LogP contribution in [0.3, 0.4) is 0 Å². The van der Waals surface area contributed by atoms with Crippen LogP contribution in [0.4, 0.5) is 0 Å². The van der Waals surface area contributed by atoms with Gasteiger partial charge in [0.25, 0.3) is 0 Å². The molecule has 0 fully saturated rings. The van der Waals surface area contributed by atoms with Crippen LogP contribution in [-0.4, -0.2) is 18.4 Å². The fraction of sp³-hybridized carbons (Fsp3) is 0.0909. The molecule has 1 aliphatic heterocycles. The van der Waals surface area contributed by atoms with Gasteiger partial charge in [-0.3, -0.25) is 9.59 Å². The lowest BCUT2D eigenvalue weighted by atomic mass is 9.92.